The third-order valence-electron chi connectivity index (χ3n) is 5.00. The highest BCUT2D eigenvalue weighted by Gasteiger charge is 2.56. The number of hydrogen-bond donors (Lipinski definition) is 1. The van der Waals surface area contributed by atoms with Gasteiger partial charge in [-0.1, -0.05) is 0 Å². The van der Waals surface area contributed by atoms with Crippen LogP contribution in [0.2, 0.25) is 0 Å². The number of cyclic esters (lactones) is 1. The van der Waals surface area contributed by atoms with Gasteiger partial charge in [-0.3, -0.25) is 0 Å². The summed E-state index contributed by atoms with van der Waals surface area (Å²) >= 11 is 0. The summed E-state index contributed by atoms with van der Waals surface area (Å²) in [5.41, 5.74) is -1.81. The van der Waals surface area contributed by atoms with E-state index in [1.54, 1.807) is 18.2 Å². The number of aliphatic hydroxyl groups is 1. The van der Waals surface area contributed by atoms with Crippen molar-refractivity contribution < 1.29 is 28.5 Å². The average Bonchev–Trinajstić information content (AvgIpc) is 3.12. The number of hydrogen-bond acceptors (Lipinski definition) is 7. The number of fused-ring (bicyclic) bond motifs is 1. The van der Waals surface area contributed by atoms with Crippen molar-refractivity contribution in [2.75, 3.05) is 6.61 Å². The Bertz CT molecular complexity index is 915. The Morgan fingerprint density at radius 3 is 2.73 bits per heavy atom. The molecule has 0 bridgehead atoms. The molecule has 138 valence electrons. The van der Waals surface area contributed by atoms with E-state index < -0.39 is 22.8 Å². The molecule has 2 aliphatic rings. The van der Waals surface area contributed by atoms with Gasteiger partial charge in [-0.05, 0) is 32.0 Å². The SMILES string of the molecule is CC1(O)CC(C[C@]2(C)O[C@H]2COc2ccc3ccc(=O)oc3c2)OC1=O. The van der Waals surface area contributed by atoms with Gasteiger partial charge in [0.25, 0.3) is 0 Å². The van der Waals surface area contributed by atoms with Gasteiger partial charge in [0, 0.05) is 30.4 Å². The highest BCUT2D eigenvalue weighted by atomic mass is 16.6. The molecule has 4 rings (SSSR count). The fraction of sp³-hybridized carbons (Fsp3) is 0.474. The maximum absolute atomic E-state index is 11.6. The van der Waals surface area contributed by atoms with Gasteiger partial charge >= 0.3 is 11.6 Å². The van der Waals surface area contributed by atoms with Crippen molar-refractivity contribution in [1.29, 1.82) is 0 Å². The van der Waals surface area contributed by atoms with Crippen LogP contribution in [-0.2, 0) is 14.3 Å². The normalized spacial score (nSPS) is 33.3. The summed E-state index contributed by atoms with van der Waals surface area (Å²) in [6, 6.07) is 8.37. The molecule has 1 aromatic carbocycles. The molecule has 1 aromatic heterocycles. The Kier molecular flexibility index (Phi) is 3.82. The number of epoxide rings is 1. The molecule has 0 spiro atoms. The summed E-state index contributed by atoms with van der Waals surface area (Å²) in [7, 11) is 0. The van der Waals surface area contributed by atoms with E-state index in [1.807, 2.05) is 13.0 Å². The molecule has 0 aliphatic carbocycles. The molecular formula is C19H20O7. The van der Waals surface area contributed by atoms with Crippen LogP contribution in [-0.4, -0.2) is 41.1 Å². The van der Waals surface area contributed by atoms with Crippen molar-refractivity contribution in [3.63, 3.8) is 0 Å². The third-order valence-corrected chi connectivity index (χ3v) is 5.00. The van der Waals surface area contributed by atoms with E-state index in [9.17, 15) is 14.7 Å². The van der Waals surface area contributed by atoms with Gasteiger partial charge in [0.1, 0.15) is 30.1 Å². The molecule has 0 radical (unpaired) electrons. The number of ether oxygens (including phenoxy) is 3. The summed E-state index contributed by atoms with van der Waals surface area (Å²) in [5, 5.41) is 10.7. The molecule has 1 N–H and O–H groups in total. The minimum absolute atomic E-state index is 0.134. The lowest BCUT2D eigenvalue weighted by Gasteiger charge is -2.13. The van der Waals surface area contributed by atoms with Crippen LogP contribution in [0.25, 0.3) is 11.0 Å². The lowest BCUT2D eigenvalue weighted by atomic mass is 9.94. The first-order chi connectivity index (χ1) is 12.2. The molecule has 7 nitrogen and oxygen atoms in total. The maximum atomic E-state index is 11.6. The van der Waals surface area contributed by atoms with Gasteiger partial charge in [-0.15, -0.1) is 0 Å². The van der Waals surface area contributed by atoms with E-state index in [4.69, 9.17) is 18.6 Å². The van der Waals surface area contributed by atoms with Crippen LogP contribution in [0.1, 0.15) is 26.7 Å². The standard InChI is InChI=1S/C19H20O7/c1-18(22)8-13(24-17(18)21)9-19(2)15(26-19)10-23-12-5-3-11-4-6-16(20)25-14(11)7-12/h3-7,13,15,22H,8-10H2,1-2H3/t13?,15-,18?,19-/m0/s1. The molecule has 26 heavy (non-hydrogen) atoms. The van der Waals surface area contributed by atoms with Crippen LogP contribution in [0.5, 0.6) is 5.75 Å². The van der Waals surface area contributed by atoms with Gasteiger partial charge in [0.2, 0.25) is 0 Å². The van der Waals surface area contributed by atoms with E-state index >= 15 is 0 Å². The van der Waals surface area contributed by atoms with Gasteiger partial charge < -0.3 is 23.7 Å². The quantitative estimate of drug-likeness (QED) is 0.493. The van der Waals surface area contributed by atoms with Gasteiger partial charge in [-0.25, -0.2) is 9.59 Å². The second-order valence-corrected chi connectivity index (χ2v) is 7.39. The summed E-state index contributed by atoms with van der Waals surface area (Å²) in [4.78, 5) is 22.9. The molecule has 2 aliphatic heterocycles. The number of carbonyl (C=O) groups is 1. The largest absolute Gasteiger partial charge is 0.491 e. The van der Waals surface area contributed by atoms with E-state index in [1.165, 1.54) is 13.0 Å². The Labute approximate surface area is 149 Å². The molecule has 0 saturated carbocycles. The molecule has 2 saturated heterocycles. The van der Waals surface area contributed by atoms with Crippen molar-refractivity contribution in [2.45, 2.75) is 50.1 Å². The van der Waals surface area contributed by atoms with Crippen LogP contribution in [0.4, 0.5) is 0 Å². The zero-order chi connectivity index (χ0) is 18.5. The smallest absolute Gasteiger partial charge is 0.338 e. The summed E-state index contributed by atoms with van der Waals surface area (Å²) in [6.45, 7) is 3.72. The maximum Gasteiger partial charge on any atom is 0.338 e. The molecule has 4 atom stereocenters. The van der Waals surface area contributed by atoms with Crippen LogP contribution < -0.4 is 10.4 Å². The number of rotatable bonds is 5. The van der Waals surface area contributed by atoms with Crippen molar-refractivity contribution in [3.05, 3.63) is 40.8 Å². The summed E-state index contributed by atoms with van der Waals surface area (Å²) in [5.74, 6) is -0.00265. The number of carbonyl (C=O) groups excluding carboxylic acids is 1. The predicted octanol–water partition coefficient (Wildman–Crippen LogP) is 1.79. The monoisotopic (exact) mass is 360 g/mol. The van der Waals surface area contributed by atoms with Gasteiger partial charge in [0.05, 0.1) is 5.60 Å². The Morgan fingerprint density at radius 1 is 1.23 bits per heavy atom. The molecular weight excluding hydrogens is 340 g/mol. The molecule has 7 heteroatoms. The highest BCUT2D eigenvalue weighted by Crippen LogP contribution is 2.43. The van der Waals surface area contributed by atoms with Crippen molar-refractivity contribution in [3.8, 4) is 5.75 Å². The van der Waals surface area contributed by atoms with Crippen LogP contribution >= 0.6 is 0 Å². The summed E-state index contributed by atoms with van der Waals surface area (Å²) < 4.78 is 21.8. The first-order valence-electron chi connectivity index (χ1n) is 8.53. The highest BCUT2D eigenvalue weighted by molar-refractivity contribution is 5.81. The average molecular weight is 360 g/mol. The fourth-order valence-electron chi connectivity index (χ4n) is 3.40. The lowest BCUT2D eigenvalue weighted by Crippen LogP contribution is -2.29. The Hall–Kier alpha value is -2.38. The molecule has 0 amide bonds. The molecule has 2 aromatic rings. The van der Waals surface area contributed by atoms with Crippen LogP contribution in [0.15, 0.2) is 39.5 Å². The first-order valence-corrected chi connectivity index (χ1v) is 8.53. The van der Waals surface area contributed by atoms with E-state index in [2.05, 4.69) is 0 Å². The minimum atomic E-state index is -1.42. The zero-order valence-corrected chi connectivity index (χ0v) is 14.6. The van der Waals surface area contributed by atoms with Gasteiger partial charge in [-0.2, -0.15) is 0 Å². The van der Waals surface area contributed by atoms with E-state index in [-0.39, 0.29) is 18.6 Å². The fourth-order valence-corrected chi connectivity index (χ4v) is 3.40. The summed E-state index contributed by atoms with van der Waals surface area (Å²) in [6.07, 6.45) is 0.282. The Balaban J connectivity index is 1.35. The first kappa shape index (κ1) is 17.1. The van der Waals surface area contributed by atoms with E-state index in [0.29, 0.717) is 24.4 Å². The Morgan fingerprint density at radius 2 is 2.00 bits per heavy atom. The molecule has 3 heterocycles. The minimum Gasteiger partial charge on any atom is -0.491 e. The van der Waals surface area contributed by atoms with Crippen molar-refractivity contribution in [1.82, 2.24) is 0 Å². The lowest BCUT2D eigenvalue weighted by molar-refractivity contribution is -0.153. The van der Waals surface area contributed by atoms with E-state index in [0.717, 1.165) is 5.39 Å². The second-order valence-electron chi connectivity index (χ2n) is 7.39. The number of esters is 1. The molecule has 2 fully saturated rings. The second kappa shape index (κ2) is 5.82. The molecule has 2 unspecified atom stereocenters. The number of benzene rings is 1. The predicted molar refractivity (Wildman–Crippen MR) is 91.0 cm³/mol. The zero-order valence-electron chi connectivity index (χ0n) is 14.6. The van der Waals surface area contributed by atoms with Crippen LogP contribution in [0, 0.1) is 0 Å². The van der Waals surface area contributed by atoms with Crippen LogP contribution in [0.3, 0.4) is 0 Å². The topological polar surface area (TPSA) is 98.5 Å². The third kappa shape index (κ3) is 3.20. The van der Waals surface area contributed by atoms with Crippen molar-refractivity contribution >= 4 is 16.9 Å². The van der Waals surface area contributed by atoms with Gasteiger partial charge in [0.15, 0.2) is 5.60 Å². The van der Waals surface area contributed by atoms with Crippen molar-refractivity contribution in [2.24, 2.45) is 0 Å².